The van der Waals surface area contributed by atoms with Gasteiger partial charge in [-0.15, -0.1) is 0 Å². The molecule has 2 aromatic heterocycles. The van der Waals surface area contributed by atoms with Crippen LogP contribution in [-0.4, -0.2) is 37.7 Å². The minimum absolute atomic E-state index is 0.0756. The van der Waals surface area contributed by atoms with Gasteiger partial charge >= 0.3 is 6.18 Å². The number of aryl methyl sites for hydroxylation is 1. The van der Waals surface area contributed by atoms with Crippen molar-refractivity contribution in [3.05, 3.63) is 23.5 Å². The third-order valence-electron chi connectivity index (χ3n) is 5.32. The minimum Gasteiger partial charge on any atom is -0.333 e. The van der Waals surface area contributed by atoms with Crippen LogP contribution in [0.5, 0.6) is 0 Å². The van der Waals surface area contributed by atoms with E-state index in [4.69, 9.17) is 0 Å². The third kappa shape index (κ3) is 2.12. The predicted octanol–water partition coefficient (Wildman–Crippen LogP) is 3.15. The van der Waals surface area contributed by atoms with Crippen LogP contribution in [0, 0.1) is 0 Å². The molecule has 0 atom stereocenters. The second-order valence-corrected chi connectivity index (χ2v) is 6.70. The van der Waals surface area contributed by atoms with Gasteiger partial charge in [-0.2, -0.15) is 18.3 Å². The third-order valence-corrected chi connectivity index (χ3v) is 5.32. The number of alkyl halides is 3. The fraction of sp³-hybridized carbons (Fsp3) is 0.562. The average molecular weight is 338 g/mol. The van der Waals surface area contributed by atoms with E-state index in [1.165, 1.54) is 19.3 Å². The van der Waals surface area contributed by atoms with E-state index in [0.29, 0.717) is 6.54 Å². The molecular formula is C16H17F3N4O. The number of amides is 1. The minimum atomic E-state index is -4.58. The molecule has 1 saturated carbocycles. The molecule has 0 bridgehead atoms. The van der Waals surface area contributed by atoms with Crippen molar-refractivity contribution in [1.29, 1.82) is 0 Å². The molecule has 0 unspecified atom stereocenters. The number of carbonyl (C=O) groups is 1. The van der Waals surface area contributed by atoms with Crippen molar-refractivity contribution in [1.82, 2.24) is 19.7 Å². The van der Waals surface area contributed by atoms with Crippen molar-refractivity contribution in [3.8, 4) is 0 Å². The summed E-state index contributed by atoms with van der Waals surface area (Å²) in [4.78, 5) is 18.7. The van der Waals surface area contributed by atoms with Crippen molar-refractivity contribution in [2.24, 2.45) is 7.05 Å². The van der Waals surface area contributed by atoms with Gasteiger partial charge in [0, 0.05) is 25.3 Å². The molecule has 1 aliphatic carbocycles. The topological polar surface area (TPSA) is 51.0 Å². The first kappa shape index (κ1) is 15.4. The highest BCUT2D eigenvalue weighted by Crippen LogP contribution is 2.46. The Labute approximate surface area is 136 Å². The number of hydrogen-bond donors (Lipinski definition) is 0. The van der Waals surface area contributed by atoms with Crippen LogP contribution < -0.4 is 0 Å². The number of likely N-dealkylation sites (tertiary alicyclic amines) is 1. The summed E-state index contributed by atoms with van der Waals surface area (Å²) < 4.78 is 40.6. The Hall–Kier alpha value is -2.12. The molecule has 1 saturated heterocycles. The summed E-state index contributed by atoms with van der Waals surface area (Å²) in [6.45, 7) is 0.663. The van der Waals surface area contributed by atoms with Crippen molar-refractivity contribution >= 4 is 16.9 Å². The Bertz CT molecular complexity index is 823. The molecular weight excluding hydrogens is 321 g/mol. The number of halogens is 3. The maximum absolute atomic E-state index is 13.2. The van der Waals surface area contributed by atoms with Gasteiger partial charge in [-0.25, -0.2) is 9.67 Å². The Balaban J connectivity index is 1.76. The maximum atomic E-state index is 13.2. The SMILES string of the molecule is Cn1nc(C(F)(F)F)c2cc(C(=O)N3CCCC34CCC4)cnc21. The Morgan fingerprint density at radius 2 is 1.96 bits per heavy atom. The number of fused-ring (bicyclic) bond motifs is 1. The molecule has 2 fully saturated rings. The first-order chi connectivity index (χ1) is 11.3. The van der Waals surface area contributed by atoms with Crippen LogP contribution in [0.4, 0.5) is 13.2 Å². The summed E-state index contributed by atoms with van der Waals surface area (Å²) in [5, 5.41) is 3.39. The van der Waals surface area contributed by atoms with E-state index >= 15 is 0 Å². The van der Waals surface area contributed by atoms with E-state index in [9.17, 15) is 18.0 Å². The zero-order valence-electron chi connectivity index (χ0n) is 13.2. The van der Waals surface area contributed by atoms with Gasteiger partial charge in [-0.3, -0.25) is 4.79 Å². The number of hydrogen-bond acceptors (Lipinski definition) is 3. The molecule has 0 aromatic carbocycles. The van der Waals surface area contributed by atoms with Crippen LogP contribution >= 0.6 is 0 Å². The highest BCUT2D eigenvalue weighted by molar-refractivity contribution is 5.98. The summed E-state index contributed by atoms with van der Waals surface area (Å²) in [7, 11) is 1.41. The normalized spacial score (nSPS) is 19.9. The quantitative estimate of drug-likeness (QED) is 0.803. The van der Waals surface area contributed by atoms with E-state index in [2.05, 4.69) is 10.1 Å². The van der Waals surface area contributed by atoms with E-state index < -0.39 is 11.9 Å². The van der Waals surface area contributed by atoms with Crippen LogP contribution in [0.25, 0.3) is 11.0 Å². The zero-order valence-corrected chi connectivity index (χ0v) is 13.2. The Kier molecular flexibility index (Phi) is 3.17. The second-order valence-electron chi connectivity index (χ2n) is 6.70. The molecule has 1 spiro atoms. The molecule has 8 heteroatoms. The van der Waals surface area contributed by atoms with Crippen LogP contribution in [0.2, 0.25) is 0 Å². The van der Waals surface area contributed by atoms with Crippen molar-refractivity contribution in [3.63, 3.8) is 0 Å². The van der Waals surface area contributed by atoms with Gasteiger partial charge in [0.25, 0.3) is 5.91 Å². The van der Waals surface area contributed by atoms with Crippen molar-refractivity contribution in [2.45, 2.75) is 43.8 Å². The summed E-state index contributed by atoms with van der Waals surface area (Å²) in [5.74, 6) is -0.224. The van der Waals surface area contributed by atoms with Gasteiger partial charge in [0.05, 0.1) is 10.9 Å². The van der Waals surface area contributed by atoms with Crippen molar-refractivity contribution in [2.75, 3.05) is 6.54 Å². The average Bonchev–Trinajstić information content (AvgIpc) is 3.07. The lowest BCUT2D eigenvalue weighted by atomic mass is 9.74. The number of aromatic nitrogens is 3. The molecule has 5 nitrogen and oxygen atoms in total. The van der Waals surface area contributed by atoms with Gasteiger partial charge < -0.3 is 4.90 Å². The highest BCUT2D eigenvalue weighted by Gasteiger charge is 2.48. The standard InChI is InChI=1S/C16H17F3N4O/c1-22-13-11(12(21-22)16(17,18)19)8-10(9-20-13)14(24)23-7-3-6-15(23)4-2-5-15/h8-9H,2-7H2,1H3. The van der Waals surface area contributed by atoms with Crippen molar-refractivity contribution < 1.29 is 18.0 Å². The summed E-state index contributed by atoms with van der Waals surface area (Å²) in [6.07, 6.45) is 1.77. The van der Waals surface area contributed by atoms with Crippen LogP contribution in [0.15, 0.2) is 12.3 Å². The van der Waals surface area contributed by atoms with Gasteiger partial charge in [0.1, 0.15) is 0 Å². The molecule has 2 aromatic rings. The Morgan fingerprint density at radius 1 is 1.25 bits per heavy atom. The van der Waals surface area contributed by atoms with E-state index in [1.807, 2.05) is 4.90 Å². The van der Waals surface area contributed by atoms with Gasteiger partial charge in [-0.1, -0.05) is 0 Å². The molecule has 3 heterocycles. The van der Waals surface area contributed by atoms with Crippen LogP contribution in [0.3, 0.4) is 0 Å². The molecule has 2 aliphatic rings. The number of rotatable bonds is 1. The fourth-order valence-corrected chi connectivity index (χ4v) is 3.98. The molecule has 24 heavy (non-hydrogen) atoms. The maximum Gasteiger partial charge on any atom is 0.435 e. The van der Waals surface area contributed by atoms with E-state index in [0.717, 1.165) is 36.8 Å². The number of nitrogens with zero attached hydrogens (tertiary/aromatic N) is 4. The fourth-order valence-electron chi connectivity index (χ4n) is 3.98. The molecule has 0 N–H and O–H groups in total. The van der Waals surface area contributed by atoms with Gasteiger partial charge in [0.15, 0.2) is 11.3 Å². The first-order valence-corrected chi connectivity index (χ1v) is 8.04. The predicted molar refractivity (Wildman–Crippen MR) is 80.4 cm³/mol. The highest BCUT2D eigenvalue weighted by atomic mass is 19.4. The number of pyridine rings is 1. The number of carbonyl (C=O) groups excluding carboxylic acids is 1. The molecule has 1 amide bonds. The first-order valence-electron chi connectivity index (χ1n) is 8.04. The smallest absolute Gasteiger partial charge is 0.333 e. The second kappa shape index (κ2) is 4.94. The molecule has 1 aliphatic heterocycles. The van der Waals surface area contributed by atoms with Gasteiger partial charge in [0.2, 0.25) is 0 Å². The largest absolute Gasteiger partial charge is 0.435 e. The van der Waals surface area contributed by atoms with E-state index in [1.54, 1.807) is 0 Å². The summed E-state index contributed by atoms with van der Waals surface area (Å²) >= 11 is 0. The van der Waals surface area contributed by atoms with E-state index in [-0.39, 0.29) is 28.0 Å². The monoisotopic (exact) mass is 338 g/mol. The molecule has 4 rings (SSSR count). The lowest BCUT2D eigenvalue weighted by Gasteiger charge is -2.45. The lowest BCUT2D eigenvalue weighted by Crippen LogP contribution is -2.52. The Morgan fingerprint density at radius 3 is 2.58 bits per heavy atom. The zero-order chi connectivity index (χ0) is 17.1. The molecule has 0 radical (unpaired) electrons. The van der Waals surface area contributed by atoms with Gasteiger partial charge in [-0.05, 0) is 38.2 Å². The summed E-state index contributed by atoms with van der Waals surface area (Å²) in [6, 6.07) is 1.28. The lowest BCUT2D eigenvalue weighted by molar-refractivity contribution is -0.140. The molecule has 128 valence electrons. The van der Waals surface area contributed by atoms with Crippen LogP contribution in [-0.2, 0) is 13.2 Å². The summed E-state index contributed by atoms with van der Waals surface area (Å²) in [5.41, 5.74) is -0.747. The van der Waals surface area contributed by atoms with Crippen LogP contribution in [0.1, 0.15) is 48.2 Å².